The SMILES string of the molecule is CCCCCCCCCCCCS(=O)(=O)Nc1cccc(OCNc2ccc(O)c(C(=O)c3ccc(OC)cc3O)c2)c1. The number of sulfonamides is 1. The van der Waals surface area contributed by atoms with Crippen LogP contribution in [-0.4, -0.2) is 44.0 Å². The van der Waals surface area contributed by atoms with Crippen LogP contribution < -0.4 is 19.5 Å². The number of methoxy groups -OCH3 is 1. The van der Waals surface area contributed by atoms with Gasteiger partial charge in [0.15, 0.2) is 6.73 Å². The fourth-order valence-electron chi connectivity index (χ4n) is 4.67. The zero-order valence-corrected chi connectivity index (χ0v) is 25.9. The van der Waals surface area contributed by atoms with Gasteiger partial charge >= 0.3 is 0 Å². The molecule has 3 aromatic carbocycles. The van der Waals surface area contributed by atoms with Crippen LogP contribution in [0.4, 0.5) is 11.4 Å². The Morgan fingerprint density at radius 3 is 2.12 bits per heavy atom. The molecule has 0 atom stereocenters. The molecule has 0 saturated heterocycles. The minimum absolute atomic E-state index is 0.00396. The van der Waals surface area contributed by atoms with Crippen molar-refractivity contribution in [2.45, 2.75) is 71.1 Å². The first kappa shape index (κ1) is 33.6. The van der Waals surface area contributed by atoms with Crippen molar-refractivity contribution in [3.8, 4) is 23.0 Å². The number of phenols is 2. The van der Waals surface area contributed by atoms with Gasteiger partial charge in [-0.05, 0) is 48.9 Å². The molecule has 0 aromatic heterocycles. The van der Waals surface area contributed by atoms with Crippen LogP contribution in [0.3, 0.4) is 0 Å². The molecule has 0 aliphatic heterocycles. The summed E-state index contributed by atoms with van der Waals surface area (Å²) in [5.74, 6) is -0.123. The van der Waals surface area contributed by atoms with Gasteiger partial charge in [0.05, 0.1) is 29.7 Å². The number of carbonyl (C=O) groups is 1. The molecule has 0 radical (unpaired) electrons. The predicted octanol–water partition coefficient (Wildman–Crippen LogP) is 7.45. The molecule has 10 heteroatoms. The molecular formula is C33H44N2O7S. The molecule has 0 heterocycles. The lowest BCUT2D eigenvalue weighted by atomic mass is 10.0. The molecule has 0 unspecified atom stereocenters. The zero-order chi connectivity index (χ0) is 31.1. The fourth-order valence-corrected chi connectivity index (χ4v) is 5.84. The number of aromatic hydroxyl groups is 2. The average Bonchev–Trinajstić information content (AvgIpc) is 2.98. The van der Waals surface area contributed by atoms with Gasteiger partial charge in [-0.3, -0.25) is 9.52 Å². The minimum atomic E-state index is -3.47. The van der Waals surface area contributed by atoms with Crippen molar-refractivity contribution >= 4 is 27.2 Å². The molecule has 0 spiro atoms. The van der Waals surface area contributed by atoms with Gasteiger partial charge in [0.25, 0.3) is 0 Å². The lowest BCUT2D eigenvalue weighted by Gasteiger charge is -2.13. The maximum Gasteiger partial charge on any atom is 0.232 e. The first-order chi connectivity index (χ1) is 20.7. The molecule has 4 N–H and O–H groups in total. The number of benzene rings is 3. The first-order valence-electron chi connectivity index (χ1n) is 14.9. The lowest BCUT2D eigenvalue weighted by molar-refractivity contribution is 0.103. The number of unbranched alkanes of at least 4 members (excludes halogenated alkanes) is 9. The quantitative estimate of drug-likeness (QED) is 0.0447. The van der Waals surface area contributed by atoms with Crippen molar-refractivity contribution in [3.05, 3.63) is 71.8 Å². The number of hydrogen-bond donors (Lipinski definition) is 4. The molecule has 9 nitrogen and oxygen atoms in total. The van der Waals surface area contributed by atoms with Gasteiger partial charge in [0.2, 0.25) is 15.8 Å². The number of rotatable bonds is 20. The van der Waals surface area contributed by atoms with E-state index in [4.69, 9.17) is 9.47 Å². The number of hydrogen-bond acceptors (Lipinski definition) is 8. The molecule has 0 saturated carbocycles. The molecule has 0 aliphatic rings. The van der Waals surface area contributed by atoms with E-state index in [1.807, 2.05) is 0 Å². The summed E-state index contributed by atoms with van der Waals surface area (Å²) in [6.07, 6.45) is 11.4. The second kappa shape index (κ2) is 17.3. The Bertz CT molecular complexity index is 1430. The van der Waals surface area contributed by atoms with E-state index in [9.17, 15) is 23.4 Å². The normalized spacial score (nSPS) is 11.2. The maximum atomic E-state index is 13.0. The van der Waals surface area contributed by atoms with Crippen LogP contribution in [0.2, 0.25) is 0 Å². The number of nitrogens with one attached hydrogen (secondary N) is 2. The van der Waals surface area contributed by atoms with E-state index in [2.05, 4.69) is 17.0 Å². The van der Waals surface area contributed by atoms with Crippen molar-refractivity contribution in [2.75, 3.05) is 29.6 Å². The van der Waals surface area contributed by atoms with E-state index in [0.717, 1.165) is 19.3 Å². The fraction of sp³-hybridized carbons (Fsp3) is 0.424. The van der Waals surface area contributed by atoms with E-state index in [1.54, 1.807) is 36.4 Å². The number of ketones is 1. The summed E-state index contributed by atoms with van der Waals surface area (Å²) in [5.41, 5.74) is 0.949. The van der Waals surface area contributed by atoms with Crippen LogP contribution in [0.5, 0.6) is 23.0 Å². The van der Waals surface area contributed by atoms with E-state index >= 15 is 0 Å². The second-order valence-electron chi connectivity index (χ2n) is 10.5. The molecule has 0 fully saturated rings. The van der Waals surface area contributed by atoms with Crippen molar-refractivity contribution in [1.82, 2.24) is 0 Å². The molecule has 43 heavy (non-hydrogen) atoms. The Morgan fingerprint density at radius 1 is 0.744 bits per heavy atom. The maximum absolute atomic E-state index is 13.0. The van der Waals surface area contributed by atoms with Crippen molar-refractivity contribution in [3.63, 3.8) is 0 Å². The molecular weight excluding hydrogens is 568 g/mol. The smallest absolute Gasteiger partial charge is 0.232 e. The predicted molar refractivity (Wildman–Crippen MR) is 171 cm³/mol. The number of carbonyl (C=O) groups excluding carboxylic acids is 1. The van der Waals surface area contributed by atoms with Gasteiger partial charge in [-0.15, -0.1) is 0 Å². The summed E-state index contributed by atoms with van der Waals surface area (Å²) in [7, 11) is -2.02. The van der Waals surface area contributed by atoms with Crippen LogP contribution in [0, 0.1) is 0 Å². The van der Waals surface area contributed by atoms with E-state index < -0.39 is 15.8 Å². The van der Waals surface area contributed by atoms with E-state index in [-0.39, 0.29) is 35.1 Å². The molecule has 3 aromatic rings. The van der Waals surface area contributed by atoms with Crippen LogP contribution in [0.15, 0.2) is 60.7 Å². The van der Waals surface area contributed by atoms with Crippen LogP contribution in [0.1, 0.15) is 87.1 Å². The highest BCUT2D eigenvalue weighted by Gasteiger charge is 2.18. The van der Waals surface area contributed by atoms with Crippen molar-refractivity contribution in [1.29, 1.82) is 0 Å². The van der Waals surface area contributed by atoms with Gasteiger partial charge in [-0.2, -0.15) is 0 Å². The highest BCUT2D eigenvalue weighted by Crippen LogP contribution is 2.30. The van der Waals surface area contributed by atoms with Crippen LogP contribution >= 0.6 is 0 Å². The minimum Gasteiger partial charge on any atom is -0.507 e. The average molecular weight is 613 g/mol. The first-order valence-corrected chi connectivity index (χ1v) is 16.6. The Balaban J connectivity index is 1.46. The molecule has 0 amide bonds. The second-order valence-corrected chi connectivity index (χ2v) is 12.4. The molecule has 234 valence electrons. The highest BCUT2D eigenvalue weighted by atomic mass is 32.2. The number of phenolic OH excluding ortho intramolecular Hbond substituents is 2. The van der Waals surface area contributed by atoms with Gasteiger partial charge < -0.3 is 25.0 Å². The Morgan fingerprint density at radius 2 is 1.44 bits per heavy atom. The Labute approximate surface area is 255 Å². The van der Waals surface area contributed by atoms with E-state index in [0.29, 0.717) is 29.3 Å². The summed E-state index contributed by atoms with van der Waals surface area (Å²) < 4.78 is 38.6. The summed E-state index contributed by atoms with van der Waals surface area (Å²) in [4.78, 5) is 13.0. The third-order valence-corrected chi connectivity index (χ3v) is 8.45. The zero-order valence-electron chi connectivity index (χ0n) is 25.1. The summed E-state index contributed by atoms with van der Waals surface area (Å²) in [6, 6.07) is 15.4. The third-order valence-electron chi connectivity index (χ3n) is 7.08. The standard InChI is InChI=1S/C33H44N2O7S/c1-3-4-5-6-7-8-9-10-11-12-20-43(39,40)35-26-14-13-15-28(21-26)42-24-34-25-16-19-31(36)30(22-25)33(38)29-18-17-27(41-2)23-32(29)37/h13-19,21-23,34-37H,3-12,20,24H2,1-2H3. The monoisotopic (exact) mass is 612 g/mol. The van der Waals surface area contributed by atoms with Crippen molar-refractivity contribution < 1.29 is 32.9 Å². The van der Waals surface area contributed by atoms with Gasteiger partial charge in [-0.25, -0.2) is 8.42 Å². The van der Waals surface area contributed by atoms with Gasteiger partial charge in [0.1, 0.15) is 23.0 Å². The molecule has 0 aliphatic carbocycles. The summed E-state index contributed by atoms with van der Waals surface area (Å²) >= 11 is 0. The van der Waals surface area contributed by atoms with Gasteiger partial charge in [0, 0.05) is 17.8 Å². The van der Waals surface area contributed by atoms with Crippen molar-refractivity contribution in [2.24, 2.45) is 0 Å². The lowest BCUT2D eigenvalue weighted by Crippen LogP contribution is -2.17. The van der Waals surface area contributed by atoms with Crippen LogP contribution in [-0.2, 0) is 10.0 Å². The Kier molecular flexibility index (Phi) is 13.5. The highest BCUT2D eigenvalue weighted by molar-refractivity contribution is 7.92. The number of anilines is 2. The van der Waals surface area contributed by atoms with E-state index in [1.165, 1.54) is 69.9 Å². The van der Waals surface area contributed by atoms with Crippen LogP contribution in [0.25, 0.3) is 0 Å². The van der Waals surface area contributed by atoms with Gasteiger partial charge in [-0.1, -0.05) is 70.8 Å². The topological polar surface area (TPSA) is 134 Å². The Hall–Kier alpha value is -3.92. The third kappa shape index (κ3) is 11.4. The molecule has 3 rings (SSSR count). The number of ether oxygens (including phenoxy) is 2. The largest absolute Gasteiger partial charge is 0.507 e. The molecule has 0 bridgehead atoms. The summed E-state index contributed by atoms with van der Waals surface area (Å²) in [6.45, 7) is 2.23. The summed E-state index contributed by atoms with van der Waals surface area (Å²) in [5, 5.41) is 23.5.